The van der Waals surface area contributed by atoms with Crippen LogP contribution in [0.1, 0.15) is 27.0 Å². The van der Waals surface area contributed by atoms with Crippen LogP contribution < -0.4 is 0 Å². The van der Waals surface area contributed by atoms with Gasteiger partial charge in [0.05, 0.1) is 11.1 Å². The van der Waals surface area contributed by atoms with Crippen molar-refractivity contribution in [1.29, 1.82) is 0 Å². The topological polar surface area (TPSA) is 17.1 Å². The Morgan fingerprint density at radius 1 is 0.923 bits per heavy atom. The highest BCUT2D eigenvalue weighted by Gasteiger charge is 2.37. The van der Waals surface area contributed by atoms with E-state index in [0.29, 0.717) is 17.0 Å². The van der Waals surface area contributed by atoms with E-state index in [9.17, 15) is 31.1 Å². The zero-order chi connectivity index (χ0) is 19.7. The van der Waals surface area contributed by atoms with Crippen LogP contribution in [0.15, 0.2) is 53.9 Å². The number of ketones is 1. The second kappa shape index (κ2) is 7.19. The summed E-state index contributed by atoms with van der Waals surface area (Å²) < 4.78 is 77.7. The minimum absolute atomic E-state index is 0.0110. The molecule has 0 unspecified atom stereocenters. The zero-order valence-corrected chi connectivity index (χ0v) is 14.1. The largest absolute Gasteiger partial charge is 0.416 e. The molecule has 2 rings (SSSR count). The van der Waals surface area contributed by atoms with E-state index in [0.717, 1.165) is 0 Å². The molecule has 1 nitrogen and oxygen atoms in total. The molecule has 0 aromatic heterocycles. The van der Waals surface area contributed by atoms with E-state index >= 15 is 0 Å². The molecule has 138 valence electrons. The lowest BCUT2D eigenvalue weighted by Crippen LogP contribution is -2.13. The van der Waals surface area contributed by atoms with E-state index in [1.54, 1.807) is 24.5 Å². The summed E-state index contributed by atoms with van der Waals surface area (Å²) in [4.78, 5) is 13.1. The van der Waals surface area contributed by atoms with Crippen molar-refractivity contribution in [1.82, 2.24) is 0 Å². The number of allylic oxidation sites excluding steroid dienone is 1. The molecule has 26 heavy (non-hydrogen) atoms. The first-order valence-electron chi connectivity index (χ1n) is 7.11. The van der Waals surface area contributed by atoms with Crippen LogP contribution in [0.4, 0.5) is 26.3 Å². The number of Topliss-reactive ketones (excluding diaryl/α,β-unsaturated/α-hetero) is 1. The fraction of sp³-hybridized carbons (Fsp3) is 0.167. The van der Waals surface area contributed by atoms with Gasteiger partial charge < -0.3 is 0 Å². The van der Waals surface area contributed by atoms with E-state index in [1.165, 1.54) is 17.8 Å². The summed E-state index contributed by atoms with van der Waals surface area (Å²) in [6.07, 6.45) is -8.28. The molecule has 2 aromatic rings. The van der Waals surface area contributed by atoms with Gasteiger partial charge in [0, 0.05) is 16.0 Å². The van der Waals surface area contributed by atoms with E-state index < -0.39 is 40.4 Å². The summed E-state index contributed by atoms with van der Waals surface area (Å²) in [5.41, 5.74) is -3.78. The van der Waals surface area contributed by atoms with Crippen molar-refractivity contribution in [3.63, 3.8) is 0 Å². The molecule has 0 saturated heterocycles. The van der Waals surface area contributed by atoms with Crippen LogP contribution in [-0.4, -0.2) is 12.0 Å². The molecule has 0 heterocycles. The van der Waals surface area contributed by atoms with Gasteiger partial charge in [0.15, 0.2) is 5.78 Å². The van der Waals surface area contributed by atoms with E-state index in [-0.39, 0.29) is 11.6 Å². The molecule has 0 aliphatic carbocycles. The Labute approximate surface area is 149 Å². The van der Waals surface area contributed by atoms with Gasteiger partial charge in [0.25, 0.3) is 0 Å². The Morgan fingerprint density at radius 3 is 1.88 bits per heavy atom. The molecule has 8 heteroatoms. The minimum Gasteiger partial charge on any atom is -0.289 e. The van der Waals surface area contributed by atoms with Gasteiger partial charge in [-0.05, 0) is 42.2 Å². The summed E-state index contributed by atoms with van der Waals surface area (Å²) in [5, 5.41) is 0. The van der Waals surface area contributed by atoms with Crippen molar-refractivity contribution in [2.75, 3.05) is 6.26 Å². The standard InChI is InChI=1S/C18H12F6OS/c1-10(16(25)14-5-3-4-6-15(14)26-2)11-7-12(17(19,20)21)9-13(8-11)18(22,23)24/h3-9H,1H2,2H3. The Hall–Kier alpha value is -2.22. The number of benzene rings is 2. The number of halogens is 6. The highest BCUT2D eigenvalue weighted by molar-refractivity contribution is 7.98. The second-order valence-electron chi connectivity index (χ2n) is 5.30. The predicted molar refractivity (Wildman–Crippen MR) is 88.0 cm³/mol. The van der Waals surface area contributed by atoms with Crippen molar-refractivity contribution in [2.24, 2.45) is 0 Å². The molecule has 0 aliphatic rings. The van der Waals surface area contributed by atoms with Gasteiger partial charge in [-0.2, -0.15) is 26.3 Å². The number of hydrogen-bond donors (Lipinski definition) is 0. The Kier molecular flexibility index (Phi) is 5.55. The van der Waals surface area contributed by atoms with Gasteiger partial charge in [-0.25, -0.2) is 0 Å². The maximum atomic E-state index is 13.0. The minimum atomic E-state index is -4.99. The summed E-state index contributed by atoms with van der Waals surface area (Å²) in [6, 6.07) is 7.28. The number of thioether (sulfide) groups is 1. The third kappa shape index (κ3) is 4.30. The van der Waals surface area contributed by atoms with E-state index in [4.69, 9.17) is 0 Å². The van der Waals surface area contributed by atoms with Crippen molar-refractivity contribution in [3.8, 4) is 0 Å². The van der Waals surface area contributed by atoms with Gasteiger partial charge in [0.1, 0.15) is 0 Å². The van der Waals surface area contributed by atoms with E-state index in [2.05, 4.69) is 6.58 Å². The third-order valence-electron chi connectivity index (χ3n) is 3.56. The van der Waals surface area contributed by atoms with Crippen LogP contribution in [0.3, 0.4) is 0 Å². The molecule has 2 aromatic carbocycles. The smallest absolute Gasteiger partial charge is 0.289 e. The fourth-order valence-electron chi connectivity index (χ4n) is 2.26. The van der Waals surface area contributed by atoms with Crippen molar-refractivity contribution in [3.05, 3.63) is 71.3 Å². The molecule has 0 radical (unpaired) electrons. The normalized spacial score (nSPS) is 12.1. The van der Waals surface area contributed by atoms with Gasteiger partial charge in [-0.1, -0.05) is 18.7 Å². The van der Waals surface area contributed by atoms with Crippen molar-refractivity contribution < 1.29 is 31.1 Å². The fourth-order valence-corrected chi connectivity index (χ4v) is 2.85. The average Bonchev–Trinajstić information content (AvgIpc) is 2.58. The number of alkyl halides is 6. The number of rotatable bonds is 4. The first-order chi connectivity index (χ1) is 11.9. The quantitative estimate of drug-likeness (QED) is 0.262. The lowest BCUT2D eigenvalue weighted by atomic mass is 9.94. The van der Waals surface area contributed by atoms with Gasteiger partial charge in [0.2, 0.25) is 0 Å². The van der Waals surface area contributed by atoms with Crippen LogP contribution in [0.2, 0.25) is 0 Å². The Bertz CT molecular complexity index is 819. The Balaban J connectivity index is 2.56. The maximum absolute atomic E-state index is 13.0. The second-order valence-corrected chi connectivity index (χ2v) is 6.15. The monoisotopic (exact) mass is 390 g/mol. The van der Waals surface area contributed by atoms with E-state index in [1.807, 2.05) is 0 Å². The molecule has 0 fully saturated rings. The van der Waals surface area contributed by atoms with Gasteiger partial charge in [-0.3, -0.25) is 4.79 Å². The van der Waals surface area contributed by atoms with Crippen molar-refractivity contribution in [2.45, 2.75) is 17.2 Å². The summed E-state index contributed by atoms with van der Waals surface area (Å²) >= 11 is 1.23. The Morgan fingerprint density at radius 2 is 1.42 bits per heavy atom. The molecule has 0 spiro atoms. The summed E-state index contributed by atoms with van der Waals surface area (Å²) in [5.74, 6) is -0.734. The third-order valence-corrected chi connectivity index (χ3v) is 4.36. The first-order valence-corrected chi connectivity index (χ1v) is 8.34. The predicted octanol–water partition coefficient (Wildman–Crippen LogP) is 6.34. The molecule has 0 bridgehead atoms. The van der Waals surface area contributed by atoms with Crippen LogP contribution in [0.25, 0.3) is 5.57 Å². The van der Waals surface area contributed by atoms with Crippen LogP contribution >= 0.6 is 11.8 Å². The lowest BCUT2D eigenvalue weighted by Gasteiger charge is -2.15. The van der Waals surface area contributed by atoms with Crippen molar-refractivity contribution >= 4 is 23.1 Å². The number of carbonyl (C=O) groups excluding carboxylic acids is 1. The molecule has 0 saturated carbocycles. The number of carbonyl (C=O) groups is 1. The maximum Gasteiger partial charge on any atom is 0.416 e. The zero-order valence-electron chi connectivity index (χ0n) is 13.3. The molecule has 0 aliphatic heterocycles. The molecule has 0 N–H and O–H groups in total. The molecule has 0 amide bonds. The van der Waals surface area contributed by atoms with Crippen LogP contribution in [0.5, 0.6) is 0 Å². The highest BCUT2D eigenvalue weighted by Crippen LogP contribution is 2.38. The van der Waals surface area contributed by atoms with Gasteiger partial charge in [-0.15, -0.1) is 11.8 Å². The first kappa shape index (κ1) is 20.1. The highest BCUT2D eigenvalue weighted by atomic mass is 32.2. The summed E-state index contributed by atoms with van der Waals surface area (Å²) in [6.45, 7) is 3.43. The average molecular weight is 390 g/mol. The van der Waals surface area contributed by atoms with Gasteiger partial charge >= 0.3 is 12.4 Å². The molecule has 0 atom stereocenters. The van der Waals surface area contributed by atoms with Crippen LogP contribution in [-0.2, 0) is 12.4 Å². The summed E-state index contributed by atoms with van der Waals surface area (Å²) in [7, 11) is 0. The van der Waals surface area contributed by atoms with Crippen LogP contribution in [0, 0.1) is 0 Å². The lowest BCUT2D eigenvalue weighted by molar-refractivity contribution is -0.143. The number of hydrogen-bond acceptors (Lipinski definition) is 2. The molecular weight excluding hydrogens is 378 g/mol. The SMILES string of the molecule is C=C(C(=O)c1ccccc1SC)c1cc(C(F)(F)F)cc(C(F)(F)F)c1. The molecular formula is C18H12F6OS.